The Bertz CT molecular complexity index is 506. The van der Waals surface area contributed by atoms with Crippen LogP contribution in [0, 0.1) is 5.92 Å². The van der Waals surface area contributed by atoms with Gasteiger partial charge in [-0.05, 0) is 18.8 Å². The van der Waals surface area contributed by atoms with E-state index in [-0.39, 0.29) is 18.4 Å². The predicted molar refractivity (Wildman–Crippen MR) is 82.5 cm³/mol. The van der Waals surface area contributed by atoms with E-state index in [1.807, 2.05) is 0 Å². The first-order valence-electron chi connectivity index (χ1n) is 8.06. The molecular formula is C16H25N3O3. The van der Waals surface area contributed by atoms with Crippen LogP contribution in [0.3, 0.4) is 0 Å². The second-order valence-corrected chi connectivity index (χ2v) is 6.25. The molecule has 1 amide bonds. The fraction of sp³-hybridized carbons (Fsp3) is 0.688. The summed E-state index contributed by atoms with van der Waals surface area (Å²) in [5.74, 6) is -0.384. The molecule has 1 heterocycles. The molecule has 122 valence electrons. The standard InChI is InChI=1S/C16H25N3O3/c1-19-11-13(10-17-19)16(22)18-14(7-8-15(20)21)9-12-5-3-2-4-6-12/h10-12,14H,2-9H2,1H3,(H,18,22)(H,20,21). The lowest BCUT2D eigenvalue weighted by atomic mass is 9.84. The minimum absolute atomic E-state index is 0.0769. The largest absolute Gasteiger partial charge is 0.481 e. The van der Waals surface area contributed by atoms with Gasteiger partial charge in [-0.2, -0.15) is 5.10 Å². The summed E-state index contributed by atoms with van der Waals surface area (Å²) in [6.45, 7) is 0. The Balaban J connectivity index is 1.93. The van der Waals surface area contributed by atoms with Gasteiger partial charge in [0, 0.05) is 25.7 Å². The number of aliphatic carboxylic acids is 1. The van der Waals surface area contributed by atoms with Crippen LogP contribution in [0.25, 0.3) is 0 Å². The highest BCUT2D eigenvalue weighted by Gasteiger charge is 2.22. The van der Waals surface area contributed by atoms with Gasteiger partial charge >= 0.3 is 5.97 Å². The normalized spacial score (nSPS) is 17.1. The minimum atomic E-state index is -0.815. The summed E-state index contributed by atoms with van der Waals surface area (Å²) < 4.78 is 1.59. The fourth-order valence-corrected chi connectivity index (χ4v) is 3.18. The number of carbonyl (C=O) groups is 2. The average Bonchev–Trinajstić information content (AvgIpc) is 2.92. The maximum atomic E-state index is 12.2. The summed E-state index contributed by atoms with van der Waals surface area (Å²) in [5.41, 5.74) is 0.520. The van der Waals surface area contributed by atoms with Crippen LogP contribution >= 0.6 is 0 Å². The molecule has 1 aliphatic rings. The third kappa shape index (κ3) is 5.16. The van der Waals surface area contributed by atoms with E-state index in [0.29, 0.717) is 17.9 Å². The highest BCUT2D eigenvalue weighted by atomic mass is 16.4. The number of rotatable bonds is 7. The van der Waals surface area contributed by atoms with E-state index < -0.39 is 5.97 Å². The molecule has 1 saturated carbocycles. The lowest BCUT2D eigenvalue weighted by Gasteiger charge is -2.27. The van der Waals surface area contributed by atoms with Gasteiger partial charge in [0.05, 0.1) is 11.8 Å². The summed E-state index contributed by atoms with van der Waals surface area (Å²) in [6.07, 6.45) is 10.8. The lowest BCUT2D eigenvalue weighted by Crippen LogP contribution is -2.37. The summed E-state index contributed by atoms with van der Waals surface area (Å²) in [5, 5.41) is 15.9. The number of nitrogens with one attached hydrogen (secondary N) is 1. The fourth-order valence-electron chi connectivity index (χ4n) is 3.18. The Morgan fingerprint density at radius 2 is 2.14 bits per heavy atom. The molecule has 0 saturated heterocycles. The molecule has 22 heavy (non-hydrogen) atoms. The summed E-state index contributed by atoms with van der Waals surface area (Å²) >= 11 is 0. The first kappa shape index (κ1) is 16.5. The molecule has 6 nitrogen and oxygen atoms in total. The number of aromatic nitrogens is 2. The Hall–Kier alpha value is -1.85. The van der Waals surface area contributed by atoms with Crippen molar-refractivity contribution in [3.05, 3.63) is 18.0 Å². The molecule has 2 rings (SSSR count). The molecule has 0 radical (unpaired) electrons. The van der Waals surface area contributed by atoms with E-state index in [9.17, 15) is 9.59 Å². The maximum Gasteiger partial charge on any atom is 0.303 e. The van der Waals surface area contributed by atoms with Crippen LogP contribution in [-0.2, 0) is 11.8 Å². The third-order valence-electron chi connectivity index (χ3n) is 4.35. The smallest absolute Gasteiger partial charge is 0.303 e. The maximum absolute atomic E-state index is 12.2. The summed E-state index contributed by atoms with van der Waals surface area (Å²) in [6, 6.07) is -0.0769. The summed E-state index contributed by atoms with van der Waals surface area (Å²) in [7, 11) is 1.76. The first-order chi connectivity index (χ1) is 10.5. The number of aryl methyl sites for hydroxylation is 1. The molecule has 6 heteroatoms. The molecule has 1 unspecified atom stereocenters. The van der Waals surface area contributed by atoms with Crippen LogP contribution < -0.4 is 5.32 Å². The molecule has 1 aromatic heterocycles. The number of hydrogen-bond acceptors (Lipinski definition) is 3. The van der Waals surface area contributed by atoms with Gasteiger partial charge < -0.3 is 10.4 Å². The quantitative estimate of drug-likeness (QED) is 0.810. The number of carbonyl (C=O) groups excluding carboxylic acids is 1. The van der Waals surface area contributed by atoms with Crippen molar-refractivity contribution >= 4 is 11.9 Å². The van der Waals surface area contributed by atoms with Crippen LogP contribution in [0.2, 0.25) is 0 Å². The van der Waals surface area contributed by atoms with Crippen molar-refractivity contribution in [3.8, 4) is 0 Å². The number of nitrogens with zero attached hydrogens (tertiary/aromatic N) is 2. The molecule has 1 atom stereocenters. The Morgan fingerprint density at radius 1 is 1.41 bits per heavy atom. The summed E-state index contributed by atoms with van der Waals surface area (Å²) in [4.78, 5) is 23.1. The van der Waals surface area contributed by atoms with E-state index >= 15 is 0 Å². The van der Waals surface area contributed by atoms with Crippen LogP contribution in [0.4, 0.5) is 0 Å². The van der Waals surface area contributed by atoms with E-state index in [2.05, 4.69) is 10.4 Å². The van der Waals surface area contributed by atoms with Gasteiger partial charge in [-0.15, -0.1) is 0 Å². The van der Waals surface area contributed by atoms with E-state index in [1.54, 1.807) is 17.9 Å². The van der Waals surface area contributed by atoms with Gasteiger partial charge in [0.15, 0.2) is 0 Å². The zero-order valence-electron chi connectivity index (χ0n) is 13.1. The topological polar surface area (TPSA) is 84.2 Å². The highest BCUT2D eigenvalue weighted by Crippen LogP contribution is 2.28. The molecule has 1 aromatic rings. The zero-order chi connectivity index (χ0) is 15.9. The van der Waals surface area contributed by atoms with Gasteiger partial charge in [0.2, 0.25) is 0 Å². The Kier molecular flexibility index (Phi) is 5.98. The lowest BCUT2D eigenvalue weighted by molar-refractivity contribution is -0.137. The molecule has 1 aliphatic carbocycles. The van der Waals surface area contributed by atoms with Crippen molar-refractivity contribution in [2.75, 3.05) is 0 Å². The minimum Gasteiger partial charge on any atom is -0.481 e. The Morgan fingerprint density at radius 3 is 2.73 bits per heavy atom. The highest BCUT2D eigenvalue weighted by molar-refractivity contribution is 5.93. The molecule has 0 bridgehead atoms. The molecular weight excluding hydrogens is 282 g/mol. The van der Waals surface area contributed by atoms with Crippen LogP contribution in [0.1, 0.15) is 61.7 Å². The number of hydrogen-bond donors (Lipinski definition) is 2. The van der Waals surface area contributed by atoms with Gasteiger partial charge in [-0.3, -0.25) is 14.3 Å². The molecule has 1 fully saturated rings. The second kappa shape index (κ2) is 7.96. The SMILES string of the molecule is Cn1cc(C(=O)NC(CCC(=O)O)CC2CCCCC2)cn1. The van der Waals surface area contributed by atoms with Crippen LogP contribution in [0.15, 0.2) is 12.4 Å². The number of amides is 1. The Labute approximate surface area is 130 Å². The second-order valence-electron chi connectivity index (χ2n) is 6.25. The van der Waals surface area contributed by atoms with Crippen molar-refractivity contribution in [2.45, 2.75) is 57.4 Å². The van der Waals surface area contributed by atoms with Gasteiger partial charge in [0.25, 0.3) is 5.91 Å². The van der Waals surface area contributed by atoms with Crippen molar-refractivity contribution < 1.29 is 14.7 Å². The monoisotopic (exact) mass is 307 g/mol. The average molecular weight is 307 g/mol. The van der Waals surface area contributed by atoms with E-state index in [0.717, 1.165) is 6.42 Å². The van der Waals surface area contributed by atoms with Crippen LogP contribution in [0.5, 0.6) is 0 Å². The number of carboxylic acids is 1. The van der Waals surface area contributed by atoms with Crippen molar-refractivity contribution in [2.24, 2.45) is 13.0 Å². The van der Waals surface area contributed by atoms with E-state index in [4.69, 9.17) is 5.11 Å². The third-order valence-corrected chi connectivity index (χ3v) is 4.35. The first-order valence-corrected chi connectivity index (χ1v) is 8.06. The number of carboxylic acid groups (broad SMARTS) is 1. The van der Waals surface area contributed by atoms with Crippen LogP contribution in [-0.4, -0.2) is 32.8 Å². The van der Waals surface area contributed by atoms with Gasteiger partial charge in [-0.25, -0.2) is 0 Å². The van der Waals surface area contributed by atoms with Crippen molar-refractivity contribution in [1.82, 2.24) is 15.1 Å². The van der Waals surface area contributed by atoms with E-state index in [1.165, 1.54) is 38.3 Å². The molecule has 0 aromatic carbocycles. The van der Waals surface area contributed by atoms with Gasteiger partial charge in [0.1, 0.15) is 0 Å². The van der Waals surface area contributed by atoms with Crippen molar-refractivity contribution in [1.29, 1.82) is 0 Å². The van der Waals surface area contributed by atoms with Gasteiger partial charge in [-0.1, -0.05) is 32.1 Å². The molecule has 2 N–H and O–H groups in total. The van der Waals surface area contributed by atoms with Crippen molar-refractivity contribution in [3.63, 3.8) is 0 Å². The zero-order valence-corrected chi connectivity index (χ0v) is 13.1. The molecule has 0 spiro atoms. The predicted octanol–water partition coefficient (Wildman–Crippen LogP) is 2.35. The molecule has 0 aliphatic heterocycles.